The zero-order valence-electron chi connectivity index (χ0n) is 10.3. The molecule has 1 aromatic carbocycles. The van der Waals surface area contributed by atoms with Crippen LogP contribution in [0.3, 0.4) is 0 Å². The van der Waals surface area contributed by atoms with Crippen molar-refractivity contribution < 1.29 is 9.18 Å². The van der Waals surface area contributed by atoms with Crippen LogP contribution in [0.25, 0.3) is 0 Å². The first-order chi connectivity index (χ1) is 9.15. The van der Waals surface area contributed by atoms with Crippen molar-refractivity contribution in [2.24, 2.45) is 5.92 Å². The molecule has 2 amide bonds. The lowest BCUT2D eigenvalue weighted by molar-refractivity contribution is 0.206. The molecule has 0 aromatic heterocycles. The van der Waals surface area contributed by atoms with Crippen molar-refractivity contribution in [3.8, 4) is 0 Å². The Morgan fingerprint density at radius 3 is 3.11 bits per heavy atom. The molecule has 2 saturated heterocycles. The molecule has 0 saturated carbocycles. The first kappa shape index (κ1) is 12.7. The van der Waals surface area contributed by atoms with Crippen molar-refractivity contribution >= 4 is 23.3 Å². The quantitative estimate of drug-likeness (QED) is 0.831. The largest absolute Gasteiger partial charge is 0.322 e. The van der Waals surface area contributed by atoms with E-state index in [9.17, 15) is 9.18 Å². The molecule has 0 spiro atoms. The van der Waals surface area contributed by atoms with E-state index in [4.69, 9.17) is 11.6 Å². The Hall–Kier alpha value is -1.33. The van der Waals surface area contributed by atoms with Gasteiger partial charge in [0.2, 0.25) is 0 Å². The second-order valence-corrected chi connectivity index (χ2v) is 5.46. The van der Waals surface area contributed by atoms with E-state index in [-0.39, 0.29) is 17.8 Å². The highest BCUT2D eigenvalue weighted by atomic mass is 35.5. The summed E-state index contributed by atoms with van der Waals surface area (Å²) in [5, 5.41) is 6.21. The average molecular weight is 284 g/mol. The summed E-state index contributed by atoms with van der Waals surface area (Å²) in [5.74, 6) is 0.0157. The highest BCUT2D eigenvalue weighted by Gasteiger charge is 2.39. The molecule has 2 N–H and O–H groups in total. The molecule has 0 aliphatic carbocycles. The van der Waals surface area contributed by atoms with Gasteiger partial charge in [0.1, 0.15) is 5.82 Å². The second-order valence-electron chi connectivity index (χ2n) is 5.02. The van der Waals surface area contributed by atoms with Gasteiger partial charge >= 0.3 is 6.03 Å². The number of nitrogens with one attached hydrogen (secondary N) is 2. The first-order valence-corrected chi connectivity index (χ1v) is 6.76. The maximum Gasteiger partial charge on any atom is 0.322 e. The number of benzene rings is 1. The average Bonchev–Trinajstić information content (AvgIpc) is 2.94. The molecule has 6 heteroatoms. The molecule has 2 aliphatic heterocycles. The molecule has 19 heavy (non-hydrogen) atoms. The number of urea groups is 1. The van der Waals surface area contributed by atoms with Crippen LogP contribution >= 0.6 is 11.6 Å². The van der Waals surface area contributed by atoms with Crippen molar-refractivity contribution in [1.29, 1.82) is 0 Å². The van der Waals surface area contributed by atoms with Gasteiger partial charge in [-0.05, 0) is 30.5 Å². The van der Waals surface area contributed by atoms with Gasteiger partial charge in [0.15, 0.2) is 0 Å². The number of likely N-dealkylation sites (tertiary alicyclic amines) is 1. The van der Waals surface area contributed by atoms with Gasteiger partial charge in [-0.1, -0.05) is 11.6 Å². The Labute approximate surface area is 115 Å². The summed E-state index contributed by atoms with van der Waals surface area (Å²) in [7, 11) is 0. The van der Waals surface area contributed by atoms with Gasteiger partial charge in [-0.15, -0.1) is 0 Å². The van der Waals surface area contributed by atoms with E-state index in [1.54, 1.807) is 11.0 Å². The fourth-order valence-corrected chi connectivity index (χ4v) is 3.04. The molecule has 4 nitrogen and oxygen atoms in total. The maximum absolute atomic E-state index is 13.6. The molecule has 0 bridgehead atoms. The van der Waals surface area contributed by atoms with E-state index in [2.05, 4.69) is 10.6 Å². The Bertz CT molecular complexity index is 511. The molecule has 2 aliphatic rings. The maximum atomic E-state index is 13.6. The van der Waals surface area contributed by atoms with E-state index in [0.29, 0.717) is 10.9 Å². The lowest BCUT2D eigenvalue weighted by atomic mass is 10.1. The third-order valence-electron chi connectivity index (χ3n) is 3.88. The lowest BCUT2D eigenvalue weighted by Gasteiger charge is -2.23. The van der Waals surface area contributed by atoms with Crippen molar-refractivity contribution in [3.63, 3.8) is 0 Å². The van der Waals surface area contributed by atoms with Crippen LogP contribution in [0.15, 0.2) is 18.2 Å². The van der Waals surface area contributed by atoms with E-state index in [1.807, 2.05) is 0 Å². The normalized spacial score (nSPS) is 25.5. The highest BCUT2D eigenvalue weighted by Crippen LogP contribution is 2.28. The van der Waals surface area contributed by atoms with Crippen LogP contribution in [-0.2, 0) is 0 Å². The highest BCUT2D eigenvalue weighted by molar-refractivity contribution is 6.30. The Kier molecular flexibility index (Phi) is 3.33. The molecular weight excluding hydrogens is 269 g/mol. The van der Waals surface area contributed by atoms with Crippen molar-refractivity contribution in [3.05, 3.63) is 29.0 Å². The van der Waals surface area contributed by atoms with Crippen LogP contribution in [0.5, 0.6) is 0 Å². The predicted octanol–water partition coefficient (Wildman–Crippen LogP) is 2.30. The van der Waals surface area contributed by atoms with Gasteiger partial charge in [-0.25, -0.2) is 9.18 Å². The third kappa shape index (κ3) is 2.40. The molecule has 2 atom stereocenters. The molecule has 2 heterocycles. The molecule has 2 fully saturated rings. The van der Waals surface area contributed by atoms with Gasteiger partial charge < -0.3 is 15.5 Å². The summed E-state index contributed by atoms with van der Waals surface area (Å²) >= 11 is 5.68. The summed E-state index contributed by atoms with van der Waals surface area (Å²) < 4.78 is 13.6. The Balaban J connectivity index is 1.71. The standard InChI is InChI=1S/C13H15ClFN3O/c14-9-1-2-11(10(15)5-9)17-13(19)18-4-3-8-6-16-7-12(8)18/h1-2,5,8,12,16H,3-4,6-7H2,(H,17,19)/t8-,12+/m1/s1. The van der Waals surface area contributed by atoms with E-state index in [1.165, 1.54) is 12.1 Å². The summed E-state index contributed by atoms with van der Waals surface area (Å²) in [6, 6.07) is 4.23. The van der Waals surface area contributed by atoms with Crippen molar-refractivity contribution in [2.75, 3.05) is 25.0 Å². The number of hydrogen-bond acceptors (Lipinski definition) is 2. The first-order valence-electron chi connectivity index (χ1n) is 6.38. The van der Waals surface area contributed by atoms with Crippen LogP contribution in [-0.4, -0.2) is 36.6 Å². The Morgan fingerprint density at radius 1 is 1.47 bits per heavy atom. The van der Waals surface area contributed by atoms with Crippen LogP contribution in [0.2, 0.25) is 5.02 Å². The molecule has 0 radical (unpaired) electrons. The lowest BCUT2D eigenvalue weighted by Crippen LogP contribution is -2.41. The summed E-state index contributed by atoms with van der Waals surface area (Å²) in [6.07, 6.45) is 1.01. The number of carbonyl (C=O) groups is 1. The van der Waals surface area contributed by atoms with Crippen LogP contribution in [0.1, 0.15) is 6.42 Å². The number of anilines is 1. The van der Waals surface area contributed by atoms with E-state index < -0.39 is 5.82 Å². The van der Waals surface area contributed by atoms with Gasteiger partial charge in [0.25, 0.3) is 0 Å². The predicted molar refractivity (Wildman–Crippen MR) is 71.9 cm³/mol. The van der Waals surface area contributed by atoms with Gasteiger partial charge in [-0.2, -0.15) is 0 Å². The minimum absolute atomic E-state index is 0.170. The molecule has 3 rings (SSSR count). The molecular formula is C13H15ClFN3O. The summed E-state index contributed by atoms with van der Waals surface area (Å²) in [4.78, 5) is 14.0. The monoisotopic (exact) mass is 283 g/mol. The SMILES string of the molecule is O=C(Nc1ccc(Cl)cc1F)N1CC[C@@H]2CNC[C@@H]21. The minimum Gasteiger partial charge on any atom is -0.320 e. The smallest absolute Gasteiger partial charge is 0.320 e. The van der Waals surface area contributed by atoms with Crippen molar-refractivity contribution in [2.45, 2.75) is 12.5 Å². The molecule has 0 unspecified atom stereocenters. The van der Waals surface area contributed by atoms with E-state index >= 15 is 0 Å². The summed E-state index contributed by atoms with van der Waals surface area (Å²) in [5.41, 5.74) is 0.170. The molecule has 1 aromatic rings. The topological polar surface area (TPSA) is 44.4 Å². The fraction of sp³-hybridized carbons (Fsp3) is 0.462. The second kappa shape index (κ2) is 4.98. The zero-order valence-corrected chi connectivity index (χ0v) is 11.1. The molecule has 102 valence electrons. The van der Waals surface area contributed by atoms with Crippen LogP contribution < -0.4 is 10.6 Å². The van der Waals surface area contributed by atoms with Crippen LogP contribution in [0, 0.1) is 11.7 Å². The third-order valence-corrected chi connectivity index (χ3v) is 4.11. The van der Waals surface area contributed by atoms with Crippen molar-refractivity contribution in [1.82, 2.24) is 10.2 Å². The zero-order chi connectivity index (χ0) is 13.4. The van der Waals surface area contributed by atoms with Gasteiger partial charge in [-0.3, -0.25) is 0 Å². The van der Waals surface area contributed by atoms with Gasteiger partial charge in [0.05, 0.1) is 5.69 Å². The minimum atomic E-state index is -0.513. The number of carbonyl (C=O) groups excluding carboxylic acids is 1. The Morgan fingerprint density at radius 2 is 2.32 bits per heavy atom. The number of amides is 2. The number of nitrogens with zero attached hydrogens (tertiary/aromatic N) is 1. The number of hydrogen-bond donors (Lipinski definition) is 2. The number of rotatable bonds is 1. The number of halogens is 2. The van der Waals surface area contributed by atoms with E-state index in [0.717, 1.165) is 26.1 Å². The number of fused-ring (bicyclic) bond motifs is 1. The fourth-order valence-electron chi connectivity index (χ4n) is 2.88. The summed E-state index contributed by atoms with van der Waals surface area (Å²) in [6.45, 7) is 2.52. The van der Waals surface area contributed by atoms with Gasteiger partial charge in [0, 0.05) is 30.7 Å². The van der Waals surface area contributed by atoms with Crippen LogP contribution in [0.4, 0.5) is 14.9 Å².